The number of hydrogen-bond acceptors (Lipinski definition) is 5. The molecular formula is C15H23NO4. The van der Waals surface area contributed by atoms with Crippen molar-refractivity contribution in [2.75, 3.05) is 13.2 Å². The first-order valence-corrected chi connectivity index (χ1v) is 6.66. The number of aryl methyl sites for hydroxylation is 1. The number of ether oxygens (including phenoxy) is 2. The van der Waals surface area contributed by atoms with Crippen molar-refractivity contribution in [1.29, 1.82) is 0 Å². The standard InChI is InChI=1S/C15H23NO4/c1-10(2)19-8-13(17)9-20-15-6-5-11(3)7-14(15)12(4)16-18/h5-7,10,13,17-18H,8-9H2,1-4H3. The van der Waals surface area contributed by atoms with Crippen LogP contribution in [0, 0.1) is 6.92 Å². The molecule has 0 aliphatic carbocycles. The molecule has 2 N–H and O–H groups in total. The van der Waals surface area contributed by atoms with E-state index < -0.39 is 6.10 Å². The Bertz CT molecular complexity index is 457. The predicted octanol–water partition coefficient (Wildman–Crippen LogP) is 2.36. The van der Waals surface area contributed by atoms with E-state index in [2.05, 4.69) is 5.16 Å². The van der Waals surface area contributed by atoms with Gasteiger partial charge in [-0.15, -0.1) is 0 Å². The Hall–Kier alpha value is -1.59. The molecular weight excluding hydrogens is 258 g/mol. The van der Waals surface area contributed by atoms with Gasteiger partial charge in [0.25, 0.3) is 0 Å². The summed E-state index contributed by atoms with van der Waals surface area (Å²) in [4.78, 5) is 0. The summed E-state index contributed by atoms with van der Waals surface area (Å²) in [7, 11) is 0. The zero-order valence-corrected chi connectivity index (χ0v) is 12.5. The molecule has 112 valence electrons. The second-order valence-corrected chi connectivity index (χ2v) is 5.03. The summed E-state index contributed by atoms with van der Waals surface area (Å²) in [5, 5.41) is 21.9. The van der Waals surface area contributed by atoms with E-state index in [4.69, 9.17) is 14.7 Å². The molecule has 5 nitrogen and oxygen atoms in total. The van der Waals surface area contributed by atoms with Crippen LogP contribution in [-0.2, 0) is 4.74 Å². The summed E-state index contributed by atoms with van der Waals surface area (Å²) in [5.74, 6) is 0.578. The average Bonchev–Trinajstić information content (AvgIpc) is 2.42. The third-order valence-corrected chi connectivity index (χ3v) is 2.73. The second kappa shape index (κ2) is 7.87. The van der Waals surface area contributed by atoms with E-state index in [0.29, 0.717) is 17.0 Å². The van der Waals surface area contributed by atoms with Gasteiger partial charge in [-0.1, -0.05) is 16.8 Å². The van der Waals surface area contributed by atoms with E-state index in [0.717, 1.165) is 5.56 Å². The molecule has 0 amide bonds. The Balaban J connectivity index is 2.68. The maximum Gasteiger partial charge on any atom is 0.128 e. The molecule has 1 unspecified atom stereocenters. The van der Waals surface area contributed by atoms with Gasteiger partial charge >= 0.3 is 0 Å². The average molecular weight is 281 g/mol. The molecule has 0 aliphatic heterocycles. The van der Waals surface area contributed by atoms with Crippen molar-refractivity contribution in [2.24, 2.45) is 5.16 Å². The van der Waals surface area contributed by atoms with E-state index in [1.54, 1.807) is 13.0 Å². The van der Waals surface area contributed by atoms with Crippen molar-refractivity contribution in [3.63, 3.8) is 0 Å². The lowest BCUT2D eigenvalue weighted by Gasteiger charge is -2.16. The summed E-state index contributed by atoms with van der Waals surface area (Å²) in [6.45, 7) is 7.82. The predicted molar refractivity (Wildman–Crippen MR) is 77.8 cm³/mol. The Morgan fingerprint density at radius 2 is 2.00 bits per heavy atom. The van der Waals surface area contributed by atoms with Crippen molar-refractivity contribution in [2.45, 2.75) is 39.9 Å². The summed E-state index contributed by atoms with van der Waals surface area (Å²) in [6, 6.07) is 5.58. The van der Waals surface area contributed by atoms with E-state index in [1.807, 2.05) is 32.9 Å². The lowest BCUT2D eigenvalue weighted by molar-refractivity contribution is -0.0123. The van der Waals surface area contributed by atoms with Crippen molar-refractivity contribution in [1.82, 2.24) is 0 Å². The fraction of sp³-hybridized carbons (Fsp3) is 0.533. The molecule has 1 aromatic rings. The SMILES string of the molecule is CC(=NO)c1cc(C)ccc1OCC(O)COC(C)C. The molecule has 0 aromatic heterocycles. The highest BCUT2D eigenvalue weighted by Crippen LogP contribution is 2.21. The number of aliphatic hydroxyl groups excluding tert-OH is 1. The molecule has 0 bridgehead atoms. The molecule has 0 heterocycles. The molecule has 0 fully saturated rings. The molecule has 1 atom stereocenters. The van der Waals surface area contributed by atoms with Crippen molar-refractivity contribution < 1.29 is 19.8 Å². The highest BCUT2D eigenvalue weighted by Gasteiger charge is 2.11. The maximum absolute atomic E-state index is 9.77. The number of rotatable bonds is 7. The highest BCUT2D eigenvalue weighted by atomic mass is 16.5. The van der Waals surface area contributed by atoms with Gasteiger partial charge in [0.2, 0.25) is 0 Å². The van der Waals surface area contributed by atoms with Crippen LogP contribution < -0.4 is 4.74 Å². The monoisotopic (exact) mass is 281 g/mol. The van der Waals surface area contributed by atoms with Gasteiger partial charge in [0.1, 0.15) is 18.5 Å². The van der Waals surface area contributed by atoms with E-state index in [1.165, 1.54) is 0 Å². The minimum Gasteiger partial charge on any atom is -0.490 e. The van der Waals surface area contributed by atoms with Crippen LogP contribution in [0.1, 0.15) is 31.9 Å². The van der Waals surface area contributed by atoms with Crippen LogP contribution in [0.15, 0.2) is 23.4 Å². The van der Waals surface area contributed by atoms with Gasteiger partial charge in [0.05, 0.1) is 18.4 Å². The van der Waals surface area contributed by atoms with Crippen LogP contribution >= 0.6 is 0 Å². The van der Waals surface area contributed by atoms with Gasteiger partial charge in [0, 0.05) is 5.56 Å². The summed E-state index contributed by atoms with van der Waals surface area (Å²) in [6.07, 6.45) is -0.624. The summed E-state index contributed by atoms with van der Waals surface area (Å²) >= 11 is 0. The minimum atomic E-state index is -0.696. The maximum atomic E-state index is 9.77. The Morgan fingerprint density at radius 3 is 2.60 bits per heavy atom. The molecule has 0 aliphatic rings. The zero-order valence-electron chi connectivity index (χ0n) is 12.5. The third kappa shape index (κ3) is 5.19. The Morgan fingerprint density at radius 1 is 1.30 bits per heavy atom. The van der Waals surface area contributed by atoms with Crippen LogP contribution in [0.3, 0.4) is 0 Å². The van der Waals surface area contributed by atoms with Crippen LogP contribution in [0.4, 0.5) is 0 Å². The molecule has 0 spiro atoms. The molecule has 0 saturated carbocycles. The highest BCUT2D eigenvalue weighted by molar-refractivity contribution is 6.00. The number of aliphatic hydroxyl groups is 1. The number of nitrogens with zero attached hydrogens (tertiary/aromatic N) is 1. The largest absolute Gasteiger partial charge is 0.490 e. The van der Waals surface area contributed by atoms with Gasteiger partial charge in [-0.25, -0.2) is 0 Å². The first kappa shape index (κ1) is 16.5. The van der Waals surface area contributed by atoms with Crippen molar-refractivity contribution >= 4 is 5.71 Å². The molecule has 0 radical (unpaired) electrons. The Labute approximate surface area is 119 Å². The second-order valence-electron chi connectivity index (χ2n) is 5.03. The molecule has 0 saturated heterocycles. The third-order valence-electron chi connectivity index (χ3n) is 2.73. The van der Waals surface area contributed by atoms with Crippen LogP contribution in [0.5, 0.6) is 5.75 Å². The number of hydrogen-bond donors (Lipinski definition) is 2. The smallest absolute Gasteiger partial charge is 0.128 e. The van der Waals surface area contributed by atoms with Gasteiger partial charge in [-0.3, -0.25) is 0 Å². The quantitative estimate of drug-likeness (QED) is 0.457. The zero-order chi connectivity index (χ0) is 15.1. The van der Waals surface area contributed by atoms with Gasteiger partial charge in [0.15, 0.2) is 0 Å². The molecule has 5 heteroatoms. The van der Waals surface area contributed by atoms with Gasteiger partial charge in [-0.05, 0) is 39.8 Å². The van der Waals surface area contributed by atoms with Crippen molar-refractivity contribution in [3.05, 3.63) is 29.3 Å². The molecule has 1 rings (SSSR count). The fourth-order valence-corrected chi connectivity index (χ4v) is 1.64. The number of oxime groups is 1. The van der Waals surface area contributed by atoms with Gasteiger partial charge in [-0.2, -0.15) is 0 Å². The lowest BCUT2D eigenvalue weighted by atomic mass is 10.1. The normalized spacial score (nSPS) is 13.6. The minimum absolute atomic E-state index is 0.0725. The Kier molecular flexibility index (Phi) is 6.48. The van der Waals surface area contributed by atoms with Gasteiger partial charge < -0.3 is 19.8 Å². The van der Waals surface area contributed by atoms with Crippen LogP contribution in [0.25, 0.3) is 0 Å². The topological polar surface area (TPSA) is 71.3 Å². The lowest BCUT2D eigenvalue weighted by Crippen LogP contribution is -2.25. The summed E-state index contributed by atoms with van der Waals surface area (Å²) in [5.41, 5.74) is 2.22. The number of benzene rings is 1. The van der Waals surface area contributed by atoms with Crippen LogP contribution in [0.2, 0.25) is 0 Å². The molecule has 20 heavy (non-hydrogen) atoms. The van der Waals surface area contributed by atoms with E-state index in [-0.39, 0.29) is 19.3 Å². The van der Waals surface area contributed by atoms with E-state index in [9.17, 15) is 5.11 Å². The first-order chi connectivity index (χ1) is 9.43. The first-order valence-electron chi connectivity index (χ1n) is 6.66. The molecule has 1 aromatic carbocycles. The van der Waals surface area contributed by atoms with Crippen molar-refractivity contribution in [3.8, 4) is 5.75 Å². The van der Waals surface area contributed by atoms with Crippen LogP contribution in [-0.4, -0.2) is 41.4 Å². The van der Waals surface area contributed by atoms with E-state index >= 15 is 0 Å². The fourth-order valence-electron chi connectivity index (χ4n) is 1.64. The summed E-state index contributed by atoms with van der Waals surface area (Å²) < 4.78 is 10.9.